The van der Waals surface area contributed by atoms with E-state index in [1.54, 1.807) is 19.1 Å². The summed E-state index contributed by atoms with van der Waals surface area (Å²) in [4.78, 5) is 36.5. The van der Waals surface area contributed by atoms with Crippen LogP contribution in [0.25, 0.3) is 0 Å². The fourth-order valence-electron chi connectivity index (χ4n) is 3.18. The average molecular weight is 391 g/mol. The molecule has 5 N–H and O–H groups in total. The zero-order valence-corrected chi connectivity index (χ0v) is 16.1. The van der Waals surface area contributed by atoms with Gasteiger partial charge >= 0.3 is 18.0 Å². The maximum atomic E-state index is 12.2. The van der Waals surface area contributed by atoms with E-state index in [-0.39, 0.29) is 24.6 Å². The molecular weight excluding hydrogens is 362 g/mol. The van der Waals surface area contributed by atoms with E-state index in [1.807, 2.05) is 0 Å². The first-order valence-electron chi connectivity index (χ1n) is 9.75. The van der Waals surface area contributed by atoms with Gasteiger partial charge in [-0.2, -0.15) is 0 Å². The van der Waals surface area contributed by atoms with Gasteiger partial charge in [-0.25, -0.2) is 14.4 Å². The van der Waals surface area contributed by atoms with E-state index in [9.17, 15) is 19.5 Å². The van der Waals surface area contributed by atoms with Gasteiger partial charge in [0.15, 0.2) is 0 Å². The molecule has 1 aromatic carbocycles. The fraction of sp³-hybridized carbons (Fsp3) is 0.550. The molecule has 2 amide bonds. The molecular formula is C20H29N3O5. The predicted octanol–water partition coefficient (Wildman–Crippen LogP) is 1.74. The van der Waals surface area contributed by atoms with E-state index in [0.717, 1.165) is 31.2 Å². The number of aromatic hydroxyl groups is 1. The molecule has 28 heavy (non-hydrogen) atoms. The van der Waals surface area contributed by atoms with Crippen LogP contribution in [0, 0.1) is 0 Å². The third kappa shape index (κ3) is 6.84. The van der Waals surface area contributed by atoms with Crippen molar-refractivity contribution in [2.75, 3.05) is 0 Å². The molecule has 2 unspecified atom stereocenters. The molecule has 0 aliphatic heterocycles. The molecule has 2 rings (SSSR count). The lowest BCUT2D eigenvalue weighted by molar-refractivity contribution is -0.162. The second-order valence-corrected chi connectivity index (χ2v) is 7.13. The summed E-state index contributed by atoms with van der Waals surface area (Å²) in [7, 11) is 0. The molecule has 0 heterocycles. The second-order valence-electron chi connectivity index (χ2n) is 7.13. The molecule has 1 aliphatic rings. The molecule has 1 aromatic rings. The Hall–Kier alpha value is -2.61. The number of carbonyl (C=O) groups is 3. The molecule has 0 radical (unpaired) electrons. The van der Waals surface area contributed by atoms with Crippen LogP contribution in [0.15, 0.2) is 24.3 Å². The van der Waals surface area contributed by atoms with E-state index < -0.39 is 30.1 Å². The number of hydrogen-bond acceptors (Lipinski definition) is 6. The van der Waals surface area contributed by atoms with Gasteiger partial charge in [0.05, 0.1) is 0 Å². The number of rotatable bonds is 7. The molecule has 0 aromatic heterocycles. The number of esters is 2. The van der Waals surface area contributed by atoms with Gasteiger partial charge in [0.2, 0.25) is 0 Å². The highest BCUT2D eigenvalue weighted by atomic mass is 16.6. The summed E-state index contributed by atoms with van der Waals surface area (Å²) >= 11 is 0. The number of ether oxygens (including phenoxy) is 1. The van der Waals surface area contributed by atoms with Crippen molar-refractivity contribution in [2.24, 2.45) is 5.73 Å². The highest BCUT2D eigenvalue weighted by Gasteiger charge is 2.27. The lowest BCUT2D eigenvalue weighted by Crippen LogP contribution is -2.50. The standard InChI is InChI=1S/C20H29N3O5/c1-2-17(23-20(27)22-14-6-4-3-5-7-14)19(26)28-18(25)16(21)12-13-8-10-15(24)11-9-13/h8-11,14,16-17,24H,2-7,12,21H2,1H3,(H2,22,23,27). The zero-order chi connectivity index (χ0) is 20.5. The number of carbonyl (C=O) groups excluding carboxylic acids is 3. The summed E-state index contributed by atoms with van der Waals surface area (Å²) in [5.74, 6) is -1.57. The van der Waals surface area contributed by atoms with Crippen LogP contribution < -0.4 is 16.4 Å². The molecule has 8 nitrogen and oxygen atoms in total. The van der Waals surface area contributed by atoms with Crippen molar-refractivity contribution in [3.8, 4) is 5.75 Å². The summed E-state index contributed by atoms with van der Waals surface area (Å²) in [6.07, 6.45) is 5.65. The van der Waals surface area contributed by atoms with Crippen LogP contribution in [0.1, 0.15) is 51.0 Å². The van der Waals surface area contributed by atoms with Crippen molar-refractivity contribution in [3.05, 3.63) is 29.8 Å². The summed E-state index contributed by atoms with van der Waals surface area (Å²) in [5, 5.41) is 14.7. The molecule has 0 spiro atoms. The van der Waals surface area contributed by atoms with Crippen LogP contribution in [-0.2, 0) is 20.7 Å². The van der Waals surface area contributed by atoms with Crippen LogP contribution in [0.5, 0.6) is 5.75 Å². The van der Waals surface area contributed by atoms with Gasteiger partial charge in [-0.05, 0) is 43.4 Å². The minimum absolute atomic E-state index is 0.110. The van der Waals surface area contributed by atoms with Crippen molar-refractivity contribution in [1.29, 1.82) is 0 Å². The number of phenolic OH excluding ortho intramolecular Hbond substituents is 1. The monoisotopic (exact) mass is 391 g/mol. The maximum absolute atomic E-state index is 12.2. The lowest BCUT2D eigenvalue weighted by Gasteiger charge is -2.24. The SMILES string of the molecule is CCC(NC(=O)NC1CCCCC1)C(=O)OC(=O)C(N)Cc1ccc(O)cc1. The number of benzene rings is 1. The highest BCUT2D eigenvalue weighted by Crippen LogP contribution is 2.17. The summed E-state index contributed by atoms with van der Waals surface area (Å²) in [5.41, 5.74) is 6.54. The molecule has 1 saturated carbocycles. The smallest absolute Gasteiger partial charge is 0.336 e. The Kier molecular flexibility index (Phi) is 8.25. The maximum Gasteiger partial charge on any atom is 0.336 e. The van der Waals surface area contributed by atoms with Gasteiger partial charge in [-0.15, -0.1) is 0 Å². The van der Waals surface area contributed by atoms with Crippen molar-refractivity contribution in [3.63, 3.8) is 0 Å². The van der Waals surface area contributed by atoms with Gasteiger partial charge in [0.25, 0.3) is 0 Å². The van der Waals surface area contributed by atoms with Crippen molar-refractivity contribution < 1.29 is 24.2 Å². The first kappa shape index (κ1) is 21.7. The average Bonchev–Trinajstić information content (AvgIpc) is 2.68. The van der Waals surface area contributed by atoms with Crippen LogP contribution in [0.2, 0.25) is 0 Å². The normalized spacial score (nSPS) is 16.6. The van der Waals surface area contributed by atoms with Crippen LogP contribution in [-0.4, -0.2) is 41.2 Å². The zero-order valence-electron chi connectivity index (χ0n) is 16.1. The number of hydrogen-bond donors (Lipinski definition) is 4. The lowest BCUT2D eigenvalue weighted by atomic mass is 9.96. The van der Waals surface area contributed by atoms with Crippen molar-refractivity contribution >= 4 is 18.0 Å². The minimum atomic E-state index is -1.03. The molecule has 8 heteroatoms. The van der Waals surface area contributed by atoms with E-state index in [4.69, 9.17) is 10.5 Å². The van der Waals surface area contributed by atoms with Gasteiger partial charge in [-0.3, -0.25) is 0 Å². The summed E-state index contributed by atoms with van der Waals surface area (Å²) < 4.78 is 4.86. The Morgan fingerprint density at radius 2 is 1.79 bits per heavy atom. The van der Waals surface area contributed by atoms with E-state index >= 15 is 0 Å². The Morgan fingerprint density at radius 3 is 2.39 bits per heavy atom. The van der Waals surface area contributed by atoms with Crippen LogP contribution in [0.4, 0.5) is 4.79 Å². The van der Waals surface area contributed by atoms with Crippen LogP contribution in [0.3, 0.4) is 0 Å². The van der Waals surface area contributed by atoms with Crippen molar-refractivity contribution in [2.45, 2.75) is 70.0 Å². The molecule has 1 aliphatic carbocycles. The van der Waals surface area contributed by atoms with Gasteiger partial charge < -0.3 is 26.2 Å². The quantitative estimate of drug-likeness (QED) is 0.414. The number of urea groups is 1. The summed E-state index contributed by atoms with van der Waals surface area (Å²) in [6, 6.07) is 3.97. The molecule has 0 saturated heterocycles. The van der Waals surface area contributed by atoms with Gasteiger partial charge in [0, 0.05) is 6.04 Å². The Balaban J connectivity index is 1.81. The Labute approximate surface area is 164 Å². The first-order valence-corrected chi connectivity index (χ1v) is 9.75. The van der Waals surface area contributed by atoms with Crippen molar-refractivity contribution in [1.82, 2.24) is 10.6 Å². The van der Waals surface area contributed by atoms with Gasteiger partial charge in [0.1, 0.15) is 17.8 Å². The second kappa shape index (κ2) is 10.7. The minimum Gasteiger partial charge on any atom is -0.508 e. The topological polar surface area (TPSA) is 131 Å². The number of phenols is 1. The molecule has 154 valence electrons. The molecule has 1 fully saturated rings. The fourth-order valence-corrected chi connectivity index (χ4v) is 3.18. The Morgan fingerprint density at radius 1 is 1.14 bits per heavy atom. The largest absolute Gasteiger partial charge is 0.508 e. The molecule has 2 atom stereocenters. The number of amides is 2. The Bertz CT molecular complexity index is 671. The predicted molar refractivity (Wildman–Crippen MR) is 104 cm³/mol. The third-order valence-electron chi connectivity index (χ3n) is 4.83. The third-order valence-corrected chi connectivity index (χ3v) is 4.83. The molecule has 0 bridgehead atoms. The van der Waals surface area contributed by atoms with E-state index in [2.05, 4.69) is 10.6 Å². The van der Waals surface area contributed by atoms with Crippen LogP contribution >= 0.6 is 0 Å². The first-order chi connectivity index (χ1) is 13.4. The number of nitrogens with one attached hydrogen (secondary N) is 2. The van der Waals surface area contributed by atoms with Gasteiger partial charge in [-0.1, -0.05) is 38.3 Å². The van der Waals surface area contributed by atoms with E-state index in [0.29, 0.717) is 0 Å². The highest BCUT2D eigenvalue weighted by molar-refractivity contribution is 5.92. The summed E-state index contributed by atoms with van der Waals surface area (Å²) in [6.45, 7) is 1.72. The number of nitrogens with two attached hydrogens (primary N) is 1. The van der Waals surface area contributed by atoms with E-state index in [1.165, 1.54) is 18.6 Å².